The first-order chi connectivity index (χ1) is 16.8. The van der Waals surface area contributed by atoms with Crippen LogP contribution in [0.5, 0.6) is 0 Å². The first-order valence-electron chi connectivity index (χ1n) is 13.8. The van der Waals surface area contributed by atoms with Gasteiger partial charge in [-0.05, 0) is 96.0 Å². The van der Waals surface area contributed by atoms with Crippen molar-refractivity contribution >= 4 is 5.78 Å². The predicted octanol–water partition coefficient (Wildman–Crippen LogP) is 6.20. The molecule has 2 aliphatic rings. The number of nitrogens with zero attached hydrogens (tertiary/aromatic N) is 3. The van der Waals surface area contributed by atoms with E-state index < -0.39 is 0 Å². The van der Waals surface area contributed by atoms with E-state index in [0.717, 1.165) is 87.1 Å². The summed E-state index contributed by atoms with van der Waals surface area (Å²) in [4.78, 5) is 22.7. The molecule has 35 heavy (non-hydrogen) atoms. The largest absolute Gasteiger partial charge is 0.441 e. The van der Waals surface area contributed by atoms with Crippen LogP contribution in [0.25, 0.3) is 11.5 Å². The first-order valence-corrected chi connectivity index (χ1v) is 13.8. The minimum absolute atomic E-state index is 0.241. The molecule has 0 N–H and O–H groups in total. The number of hydrogen-bond donors (Lipinski definition) is 0. The summed E-state index contributed by atoms with van der Waals surface area (Å²) >= 11 is 0. The summed E-state index contributed by atoms with van der Waals surface area (Å²) < 4.78 is 6.04. The van der Waals surface area contributed by atoms with Crippen molar-refractivity contribution in [3.05, 3.63) is 40.8 Å². The van der Waals surface area contributed by atoms with Gasteiger partial charge in [0.2, 0.25) is 5.89 Å². The first kappa shape index (κ1) is 26.1. The SMILES string of the molecule is Cc1ccc(-c2nc(CN3CCC(C(=O)CCCCN4C[C@H](C)C[C@H](C)C4)CC3)c(C)o2)c(C)c1. The van der Waals surface area contributed by atoms with Gasteiger partial charge in [-0.25, -0.2) is 4.98 Å². The maximum atomic E-state index is 12.8. The van der Waals surface area contributed by atoms with Crippen LogP contribution in [0.1, 0.15) is 75.0 Å². The Morgan fingerprint density at radius 3 is 2.43 bits per heavy atom. The molecule has 2 saturated heterocycles. The van der Waals surface area contributed by atoms with Gasteiger partial charge in [-0.2, -0.15) is 0 Å². The highest BCUT2D eigenvalue weighted by atomic mass is 16.4. The predicted molar refractivity (Wildman–Crippen MR) is 142 cm³/mol. The van der Waals surface area contributed by atoms with E-state index in [2.05, 4.69) is 55.7 Å². The van der Waals surface area contributed by atoms with Crippen LogP contribution in [0, 0.1) is 38.5 Å². The second kappa shape index (κ2) is 11.8. The monoisotopic (exact) mass is 479 g/mol. The number of unbranched alkanes of at least 4 members (excludes halogenated alkanes) is 1. The third-order valence-electron chi connectivity index (χ3n) is 8.01. The van der Waals surface area contributed by atoms with E-state index in [-0.39, 0.29) is 5.92 Å². The molecule has 0 aliphatic carbocycles. The number of aromatic nitrogens is 1. The molecule has 3 heterocycles. The smallest absolute Gasteiger partial charge is 0.226 e. The fourth-order valence-corrected chi connectivity index (χ4v) is 6.18. The lowest BCUT2D eigenvalue weighted by molar-refractivity contribution is -0.124. The molecule has 0 amide bonds. The number of aryl methyl sites for hydroxylation is 3. The standard InChI is InChI=1S/C30H45N3O2/c1-21-9-10-27(24(4)17-21)30-31-28(25(5)35-30)20-32-14-11-26(12-15-32)29(34)8-6-7-13-33-18-22(2)16-23(3)19-33/h9-10,17,22-23,26H,6-8,11-16,18-20H2,1-5H3/t22-,23+. The summed E-state index contributed by atoms with van der Waals surface area (Å²) in [7, 11) is 0. The van der Waals surface area contributed by atoms with Gasteiger partial charge in [-0.3, -0.25) is 9.69 Å². The molecule has 5 heteroatoms. The van der Waals surface area contributed by atoms with Crippen molar-refractivity contribution in [2.24, 2.45) is 17.8 Å². The van der Waals surface area contributed by atoms with Gasteiger partial charge < -0.3 is 9.32 Å². The van der Waals surface area contributed by atoms with Gasteiger partial charge >= 0.3 is 0 Å². The van der Waals surface area contributed by atoms with Crippen LogP contribution in [0.2, 0.25) is 0 Å². The van der Waals surface area contributed by atoms with Gasteiger partial charge in [0.1, 0.15) is 11.5 Å². The van der Waals surface area contributed by atoms with Crippen molar-refractivity contribution in [3.63, 3.8) is 0 Å². The molecule has 0 spiro atoms. The molecule has 1 aromatic heterocycles. The number of carbonyl (C=O) groups excluding carboxylic acids is 1. The Morgan fingerprint density at radius 1 is 1.03 bits per heavy atom. The van der Waals surface area contributed by atoms with E-state index >= 15 is 0 Å². The summed E-state index contributed by atoms with van der Waals surface area (Å²) in [5, 5.41) is 0. The van der Waals surface area contributed by atoms with Crippen LogP contribution < -0.4 is 0 Å². The van der Waals surface area contributed by atoms with Gasteiger partial charge in [-0.15, -0.1) is 0 Å². The number of ketones is 1. The molecule has 192 valence electrons. The van der Waals surface area contributed by atoms with Crippen LogP contribution in [0.3, 0.4) is 0 Å². The van der Waals surface area contributed by atoms with Crippen molar-refractivity contribution in [3.8, 4) is 11.5 Å². The number of piperidine rings is 2. The van der Waals surface area contributed by atoms with Gasteiger partial charge in [-0.1, -0.05) is 31.5 Å². The molecule has 0 saturated carbocycles. The molecule has 2 fully saturated rings. The molecule has 5 nitrogen and oxygen atoms in total. The highest BCUT2D eigenvalue weighted by molar-refractivity contribution is 5.81. The van der Waals surface area contributed by atoms with Crippen LogP contribution in [-0.2, 0) is 11.3 Å². The molecule has 2 atom stereocenters. The fraction of sp³-hybridized carbons (Fsp3) is 0.667. The zero-order valence-corrected chi connectivity index (χ0v) is 22.6. The van der Waals surface area contributed by atoms with Crippen molar-refractivity contribution in [2.75, 3.05) is 32.7 Å². The fourth-order valence-electron chi connectivity index (χ4n) is 6.18. The van der Waals surface area contributed by atoms with Gasteiger partial charge in [0.25, 0.3) is 0 Å². The lowest BCUT2D eigenvalue weighted by Gasteiger charge is -2.35. The third-order valence-corrected chi connectivity index (χ3v) is 8.01. The summed E-state index contributed by atoms with van der Waals surface area (Å²) in [6.07, 6.45) is 6.25. The van der Waals surface area contributed by atoms with E-state index in [1.807, 2.05) is 6.92 Å². The van der Waals surface area contributed by atoms with Crippen molar-refractivity contribution < 1.29 is 9.21 Å². The van der Waals surface area contributed by atoms with E-state index in [9.17, 15) is 4.79 Å². The van der Waals surface area contributed by atoms with Gasteiger partial charge in [0, 0.05) is 37.5 Å². The quantitative estimate of drug-likeness (QED) is 0.401. The molecule has 4 rings (SSSR count). The number of oxazole rings is 1. The van der Waals surface area contributed by atoms with Crippen LogP contribution in [0.15, 0.2) is 22.6 Å². The number of benzene rings is 1. The van der Waals surface area contributed by atoms with Crippen molar-refractivity contribution in [1.29, 1.82) is 0 Å². The lowest BCUT2D eigenvalue weighted by atomic mass is 9.89. The Balaban J connectivity index is 1.19. The molecule has 1 aromatic carbocycles. The van der Waals surface area contributed by atoms with E-state index in [0.29, 0.717) is 11.7 Å². The Hall–Kier alpha value is -1.98. The average molecular weight is 480 g/mol. The number of Topliss-reactive ketones (excluding diaryl/α,β-unsaturated/α-hetero) is 1. The highest BCUT2D eigenvalue weighted by Crippen LogP contribution is 2.28. The zero-order chi connectivity index (χ0) is 24.9. The molecule has 0 radical (unpaired) electrons. The second-order valence-electron chi connectivity index (χ2n) is 11.5. The van der Waals surface area contributed by atoms with Crippen LogP contribution in [-0.4, -0.2) is 53.3 Å². The van der Waals surface area contributed by atoms with Crippen LogP contribution >= 0.6 is 0 Å². The minimum atomic E-state index is 0.241. The maximum absolute atomic E-state index is 12.8. The molecule has 2 aromatic rings. The third kappa shape index (κ3) is 7.04. The molecular weight excluding hydrogens is 434 g/mol. The summed E-state index contributed by atoms with van der Waals surface area (Å²) in [6.45, 7) is 17.3. The minimum Gasteiger partial charge on any atom is -0.441 e. The van der Waals surface area contributed by atoms with Crippen LogP contribution in [0.4, 0.5) is 0 Å². The average Bonchev–Trinajstić information content (AvgIpc) is 3.16. The Labute approximate surface area is 212 Å². The summed E-state index contributed by atoms with van der Waals surface area (Å²) in [6, 6.07) is 6.38. The number of likely N-dealkylation sites (tertiary alicyclic amines) is 2. The second-order valence-corrected chi connectivity index (χ2v) is 11.5. The molecule has 0 bridgehead atoms. The molecule has 2 aliphatic heterocycles. The van der Waals surface area contributed by atoms with E-state index in [1.54, 1.807) is 0 Å². The number of rotatable bonds is 9. The number of carbonyl (C=O) groups is 1. The van der Waals surface area contributed by atoms with E-state index in [1.165, 1.54) is 30.6 Å². The van der Waals surface area contributed by atoms with E-state index in [4.69, 9.17) is 9.40 Å². The highest BCUT2D eigenvalue weighted by Gasteiger charge is 2.26. The topological polar surface area (TPSA) is 49.6 Å². The zero-order valence-electron chi connectivity index (χ0n) is 22.6. The summed E-state index contributed by atoms with van der Waals surface area (Å²) in [5.74, 6) is 3.96. The Kier molecular flexibility index (Phi) is 8.82. The van der Waals surface area contributed by atoms with Crippen molar-refractivity contribution in [2.45, 2.75) is 79.7 Å². The van der Waals surface area contributed by atoms with Gasteiger partial charge in [0.15, 0.2) is 0 Å². The lowest BCUT2D eigenvalue weighted by Crippen LogP contribution is -2.39. The normalized spacial score (nSPS) is 22.5. The summed E-state index contributed by atoms with van der Waals surface area (Å²) in [5.41, 5.74) is 4.53. The Bertz CT molecular complexity index is 979. The van der Waals surface area contributed by atoms with Crippen molar-refractivity contribution in [1.82, 2.24) is 14.8 Å². The maximum Gasteiger partial charge on any atom is 0.226 e. The van der Waals surface area contributed by atoms with Gasteiger partial charge in [0.05, 0.1) is 5.69 Å². The Morgan fingerprint density at radius 2 is 1.74 bits per heavy atom. The molecular formula is C30H45N3O2. The number of hydrogen-bond acceptors (Lipinski definition) is 5. The molecule has 0 unspecified atom stereocenters.